The Labute approximate surface area is 169 Å². The van der Waals surface area contributed by atoms with Gasteiger partial charge < -0.3 is 0 Å². The van der Waals surface area contributed by atoms with E-state index in [1.807, 2.05) is 0 Å². The molecule has 3 aromatic rings. The highest BCUT2D eigenvalue weighted by Gasteiger charge is 2.28. The van der Waals surface area contributed by atoms with Crippen LogP contribution < -0.4 is 0 Å². The first-order chi connectivity index (χ1) is 13.8. The molecule has 0 aromatic heterocycles. The lowest BCUT2D eigenvalue weighted by Crippen LogP contribution is -2.22. The fourth-order valence-electron chi connectivity index (χ4n) is 3.55. The molecule has 3 aromatic carbocycles. The lowest BCUT2D eigenvalue weighted by Gasteiger charge is -2.15. The molecule has 0 radical (unpaired) electrons. The van der Waals surface area contributed by atoms with Crippen LogP contribution in [-0.2, 0) is 0 Å². The maximum Gasteiger partial charge on any atom is 0.234 e. The van der Waals surface area contributed by atoms with E-state index in [-0.39, 0.29) is 22.3 Å². The standard InChI is InChI=1S/C25H20O4/c1-15-14-16(2)21(25(29)23(27)19-12-8-5-9-13-19)17(3)20(15)24(28)22(26)18-10-6-4-7-11-18/h4-14H,1-3H3. The van der Waals surface area contributed by atoms with Gasteiger partial charge >= 0.3 is 0 Å². The third-order valence-corrected chi connectivity index (χ3v) is 4.91. The van der Waals surface area contributed by atoms with Crippen LogP contribution in [0.4, 0.5) is 0 Å². The highest BCUT2D eigenvalue weighted by molar-refractivity contribution is 6.52. The summed E-state index contributed by atoms with van der Waals surface area (Å²) in [5, 5.41) is 0. The zero-order valence-electron chi connectivity index (χ0n) is 16.5. The highest BCUT2D eigenvalue weighted by Crippen LogP contribution is 2.25. The van der Waals surface area contributed by atoms with Crippen LogP contribution in [0.2, 0.25) is 0 Å². The molecule has 0 bridgehead atoms. The molecule has 3 rings (SSSR count). The lowest BCUT2D eigenvalue weighted by molar-refractivity contribution is 0.0811. The summed E-state index contributed by atoms with van der Waals surface area (Å²) in [6.45, 7) is 5.05. The second kappa shape index (κ2) is 8.15. The van der Waals surface area contributed by atoms with Crippen LogP contribution in [0.15, 0.2) is 66.7 Å². The third kappa shape index (κ3) is 3.83. The molecule has 0 spiro atoms. The Morgan fingerprint density at radius 1 is 0.517 bits per heavy atom. The Balaban J connectivity index is 2.07. The van der Waals surface area contributed by atoms with Gasteiger partial charge in [-0.3, -0.25) is 19.2 Å². The summed E-state index contributed by atoms with van der Waals surface area (Å²) in [5.41, 5.74) is 2.46. The maximum absolute atomic E-state index is 13.0. The summed E-state index contributed by atoms with van der Waals surface area (Å²) < 4.78 is 0. The van der Waals surface area contributed by atoms with Gasteiger partial charge in [0.25, 0.3) is 0 Å². The summed E-state index contributed by atoms with van der Waals surface area (Å²) in [6, 6.07) is 18.2. The molecule has 4 heteroatoms. The van der Waals surface area contributed by atoms with Crippen molar-refractivity contribution >= 4 is 23.1 Å². The van der Waals surface area contributed by atoms with Crippen LogP contribution in [0.5, 0.6) is 0 Å². The minimum Gasteiger partial charge on any atom is -0.285 e. The minimum absolute atomic E-state index is 0.175. The maximum atomic E-state index is 13.0. The van der Waals surface area contributed by atoms with Crippen LogP contribution in [0.25, 0.3) is 0 Å². The topological polar surface area (TPSA) is 68.3 Å². The van der Waals surface area contributed by atoms with E-state index < -0.39 is 23.1 Å². The van der Waals surface area contributed by atoms with Gasteiger partial charge in [0.1, 0.15) is 0 Å². The molecule has 144 valence electrons. The Bertz CT molecular complexity index is 1040. The van der Waals surface area contributed by atoms with Gasteiger partial charge in [-0.1, -0.05) is 66.7 Å². The normalized spacial score (nSPS) is 10.4. The van der Waals surface area contributed by atoms with Gasteiger partial charge in [-0.15, -0.1) is 0 Å². The minimum atomic E-state index is -0.688. The fraction of sp³-hybridized carbons (Fsp3) is 0.120. The van der Waals surface area contributed by atoms with Crippen LogP contribution in [0.1, 0.15) is 58.1 Å². The summed E-state index contributed by atoms with van der Waals surface area (Å²) in [7, 11) is 0. The van der Waals surface area contributed by atoms with E-state index in [2.05, 4.69) is 0 Å². The van der Waals surface area contributed by atoms with Gasteiger partial charge in [0, 0.05) is 22.3 Å². The first-order valence-corrected chi connectivity index (χ1v) is 9.22. The first-order valence-electron chi connectivity index (χ1n) is 9.22. The van der Waals surface area contributed by atoms with E-state index >= 15 is 0 Å². The molecular formula is C25H20O4. The molecule has 0 atom stereocenters. The van der Waals surface area contributed by atoms with Crippen LogP contribution in [0.3, 0.4) is 0 Å². The second-order valence-corrected chi connectivity index (χ2v) is 6.93. The SMILES string of the molecule is Cc1cc(C)c(C(=O)C(=O)c2ccccc2)c(C)c1C(=O)C(=O)c1ccccc1. The fourth-order valence-corrected chi connectivity index (χ4v) is 3.55. The van der Waals surface area contributed by atoms with Crippen molar-refractivity contribution in [1.82, 2.24) is 0 Å². The van der Waals surface area contributed by atoms with Crippen molar-refractivity contribution in [1.29, 1.82) is 0 Å². The van der Waals surface area contributed by atoms with Crippen LogP contribution >= 0.6 is 0 Å². The molecule has 0 aliphatic carbocycles. The Kier molecular flexibility index (Phi) is 5.64. The lowest BCUT2D eigenvalue weighted by atomic mass is 9.86. The molecule has 0 aliphatic rings. The highest BCUT2D eigenvalue weighted by atomic mass is 16.2. The second-order valence-electron chi connectivity index (χ2n) is 6.93. The van der Waals surface area contributed by atoms with Crippen molar-refractivity contribution < 1.29 is 19.2 Å². The molecule has 0 fully saturated rings. The third-order valence-electron chi connectivity index (χ3n) is 4.91. The molecule has 0 heterocycles. The molecule has 4 nitrogen and oxygen atoms in total. The van der Waals surface area contributed by atoms with E-state index in [1.165, 1.54) is 0 Å². The number of hydrogen-bond acceptors (Lipinski definition) is 4. The molecule has 0 saturated carbocycles. The monoisotopic (exact) mass is 384 g/mol. The molecular weight excluding hydrogens is 364 g/mol. The Morgan fingerprint density at radius 2 is 0.862 bits per heavy atom. The Morgan fingerprint density at radius 3 is 1.21 bits per heavy atom. The van der Waals surface area contributed by atoms with Gasteiger partial charge in [0.05, 0.1) is 0 Å². The molecule has 29 heavy (non-hydrogen) atoms. The summed E-state index contributed by atoms with van der Waals surface area (Å²) in [5.74, 6) is -2.67. The number of hydrogen-bond donors (Lipinski definition) is 0. The van der Waals surface area contributed by atoms with E-state index in [1.54, 1.807) is 87.5 Å². The zero-order chi connectivity index (χ0) is 21.1. The summed E-state index contributed by atoms with van der Waals surface area (Å²) in [4.78, 5) is 51.3. The van der Waals surface area contributed by atoms with E-state index in [4.69, 9.17) is 0 Å². The van der Waals surface area contributed by atoms with Crippen molar-refractivity contribution in [2.75, 3.05) is 0 Å². The number of Topliss-reactive ketones (excluding diaryl/α,β-unsaturated/α-hetero) is 4. The average molecular weight is 384 g/mol. The zero-order valence-corrected chi connectivity index (χ0v) is 16.5. The van der Waals surface area contributed by atoms with Crippen molar-refractivity contribution in [3.63, 3.8) is 0 Å². The molecule has 0 aliphatic heterocycles. The number of rotatable bonds is 6. The van der Waals surface area contributed by atoms with E-state index in [9.17, 15) is 19.2 Å². The number of aryl methyl sites for hydroxylation is 2. The van der Waals surface area contributed by atoms with E-state index in [0.29, 0.717) is 16.7 Å². The van der Waals surface area contributed by atoms with Crippen molar-refractivity contribution in [3.8, 4) is 0 Å². The van der Waals surface area contributed by atoms with Gasteiger partial charge in [0.2, 0.25) is 23.1 Å². The van der Waals surface area contributed by atoms with Gasteiger partial charge in [-0.05, 0) is 37.5 Å². The smallest absolute Gasteiger partial charge is 0.234 e. The van der Waals surface area contributed by atoms with Crippen molar-refractivity contribution in [2.45, 2.75) is 20.8 Å². The van der Waals surface area contributed by atoms with Gasteiger partial charge in [-0.25, -0.2) is 0 Å². The summed E-state index contributed by atoms with van der Waals surface area (Å²) >= 11 is 0. The average Bonchev–Trinajstić information content (AvgIpc) is 2.73. The summed E-state index contributed by atoms with van der Waals surface area (Å²) in [6.07, 6.45) is 0. The number of carbonyl (C=O) groups is 4. The predicted octanol–water partition coefficient (Wildman–Crippen LogP) is 4.74. The van der Waals surface area contributed by atoms with Crippen LogP contribution in [0, 0.1) is 20.8 Å². The van der Waals surface area contributed by atoms with Crippen LogP contribution in [-0.4, -0.2) is 23.1 Å². The van der Waals surface area contributed by atoms with E-state index in [0.717, 1.165) is 0 Å². The van der Waals surface area contributed by atoms with Crippen molar-refractivity contribution in [2.24, 2.45) is 0 Å². The predicted molar refractivity (Wildman–Crippen MR) is 111 cm³/mol. The number of carbonyl (C=O) groups excluding carboxylic acids is 4. The molecule has 0 amide bonds. The van der Waals surface area contributed by atoms with Gasteiger partial charge in [0.15, 0.2) is 0 Å². The number of benzene rings is 3. The van der Waals surface area contributed by atoms with Gasteiger partial charge in [-0.2, -0.15) is 0 Å². The number of ketones is 4. The molecule has 0 N–H and O–H groups in total. The quantitative estimate of drug-likeness (QED) is 0.455. The molecule has 0 unspecified atom stereocenters. The van der Waals surface area contributed by atoms with Crippen molar-refractivity contribution in [3.05, 3.63) is 106 Å². The largest absolute Gasteiger partial charge is 0.285 e. The first kappa shape index (κ1) is 20.1. The molecule has 0 saturated heterocycles. The Hall–Kier alpha value is -3.66.